The summed E-state index contributed by atoms with van der Waals surface area (Å²) < 4.78 is 11.3. The molecule has 4 rings (SSSR count). The number of rotatable bonds is 10. The summed E-state index contributed by atoms with van der Waals surface area (Å²) in [7, 11) is 0. The summed E-state index contributed by atoms with van der Waals surface area (Å²) in [5.41, 5.74) is 8.70. The van der Waals surface area contributed by atoms with Gasteiger partial charge in [-0.3, -0.25) is 0 Å². The average molecular weight is 457 g/mol. The van der Waals surface area contributed by atoms with Gasteiger partial charge in [-0.05, 0) is 76.4 Å². The fraction of sp³-hybridized carbons (Fsp3) is 0.300. The fourth-order valence-corrected chi connectivity index (χ4v) is 4.60. The van der Waals surface area contributed by atoms with E-state index in [2.05, 4.69) is 62.4 Å². The first-order valence-corrected chi connectivity index (χ1v) is 12.0. The first kappa shape index (κ1) is 23.8. The molecule has 1 aliphatic rings. The van der Waals surface area contributed by atoms with E-state index in [1.165, 1.54) is 33.4 Å². The molecule has 0 bridgehead atoms. The predicted molar refractivity (Wildman–Crippen MR) is 136 cm³/mol. The van der Waals surface area contributed by atoms with Crippen molar-refractivity contribution in [3.05, 3.63) is 95.1 Å². The van der Waals surface area contributed by atoms with Gasteiger partial charge in [0, 0.05) is 13.0 Å². The normalized spacial score (nSPS) is 15.0. The largest absolute Gasteiger partial charge is 0.490 e. The molecule has 3 aromatic carbocycles. The molecule has 0 heterocycles. The molecule has 1 N–H and O–H groups in total. The smallest absolute Gasteiger partial charge is 0.333 e. The molecule has 0 saturated carbocycles. The van der Waals surface area contributed by atoms with Gasteiger partial charge in [0.05, 0.1) is 0 Å². The number of carboxylic acids is 1. The molecule has 176 valence electrons. The Morgan fingerprint density at radius 3 is 2.32 bits per heavy atom. The maximum absolute atomic E-state index is 11.3. The average Bonchev–Trinajstić information content (AvgIpc) is 3.18. The number of carbonyl (C=O) groups is 1. The van der Waals surface area contributed by atoms with Gasteiger partial charge < -0.3 is 14.6 Å². The second-order valence-electron chi connectivity index (χ2n) is 8.68. The molecule has 0 amide bonds. The van der Waals surface area contributed by atoms with Gasteiger partial charge in [-0.15, -0.1) is 0 Å². The number of hydrogen-bond acceptors (Lipinski definition) is 3. The molecule has 4 heteroatoms. The van der Waals surface area contributed by atoms with Crippen LogP contribution in [0.25, 0.3) is 16.7 Å². The van der Waals surface area contributed by atoms with E-state index in [9.17, 15) is 9.90 Å². The van der Waals surface area contributed by atoms with Crippen molar-refractivity contribution in [2.75, 3.05) is 13.2 Å². The van der Waals surface area contributed by atoms with Crippen LogP contribution in [0.4, 0.5) is 0 Å². The maximum Gasteiger partial charge on any atom is 0.333 e. The number of carboxylic acid groups (broad SMARTS) is 1. The van der Waals surface area contributed by atoms with E-state index in [-0.39, 0.29) is 0 Å². The Hall–Kier alpha value is -3.37. The molecule has 0 radical (unpaired) electrons. The van der Waals surface area contributed by atoms with Crippen LogP contribution < -0.4 is 4.74 Å². The van der Waals surface area contributed by atoms with Crippen LogP contribution in [0.2, 0.25) is 0 Å². The minimum Gasteiger partial charge on any atom is -0.490 e. The van der Waals surface area contributed by atoms with E-state index in [0.717, 1.165) is 17.7 Å². The highest BCUT2D eigenvalue weighted by molar-refractivity contribution is 6.02. The van der Waals surface area contributed by atoms with Crippen molar-refractivity contribution in [2.45, 2.75) is 45.6 Å². The number of hydrogen-bond donors (Lipinski definition) is 1. The Kier molecular flexibility index (Phi) is 7.49. The van der Waals surface area contributed by atoms with E-state index in [1.807, 2.05) is 24.3 Å². The van der Waals surface area contributed by atoms with Crippen molar-refractivity contribution in [3.8, 4) is 16.9 Å². The molecule has 3 aromatic rings. The molecule has 2 unspecified atom stereocenters. The summed E-state index contributed by atoms with van der Waals surface area (Å²) in [6.45, 7) is 7.15. The molecule has 2 atom stereocenters. The Labute approximate surface area is 201 Å². The molecule has 1 aliphatic carbocycles. The van der Waals surface area contributed by atoms with Crippen LogP contribution >= 0.6 is 0 Å². The Morgan fingerprint density at radius 1 is 0.941 bits per heavy atom. The highest BCUT2D eigenvalue weighted by Crippen LogP contribution is 2.47. The summed E-state index contributed by atoms with van der Waals surface area (Å²) in [6.07, 6.45) is 2.77. The van der Waals surface area contributed by atoms with Crippen molar-refractivity contribution in [2.24, 2.45) is 0 Å². The van der Waals surface area contributed by atoms with Gasteiger partial charge >= 0.3 is 5.97 Å². The Bertz CT molecular complexity index is 1180. The molecular formula is C30H32O4. The molecular weight excluding hydrogens is 424 g/mol. The molecule has 0 spiro atoms. The van der Waals surface area contributed by atoms with Gasteiger partial charge in [-0.25, -0.2) is 4.79 Å². The van der Waals surface area contributed by atoms with E-state index in [4.69, 9.17) is 9.47 Å². The SMILES string of the molecule is CCOC(Cc1ccc(OCC=C2c3ccccc3-c3c2cccc3C(C)CC)cc1)C(=O)O. The van der Waals surface area contributed by atoms with Crippen LogP contribution in [-0.4, -0.2) is 30.4 Å². The highest BCUT2D eigenvalue weighted by Gasteiger charge is 2.26. The quantitative estimate of drug-likeness (QED) is 0.288. The number of ether oxygens (including phenoxy) is 2. The molecule has 0 saturated heterocycles. The molecule has 0 aromatic heterocycles. The molecule has 0 aliphatic heterocycles. The number of fused-ring (bicyclic) bond motifs is 3. The van der Waals surface area contributed by atoms with Crippen molar-refractivity contribution in [3.63, 3.8) is 0 Å². The van der Waals surface area contributed by atoms with Gasteiger partial charge in [0.15, 0.2) is 6.10 Å². The lowest BCUT2D eigenvalue weighted by Crippen LogP contribution is -2.26. The standard InChI is InChI=1S/C30H32O4/c1-4-20(3)23-11-8-12-27-25(24-9-6-7-10-26(24)29(23)27)17-18-34-22-15-13-21(14-16-22)19-28(30(31)32)33-5-2/h6-17,20,28H,4-5,18-19H2,1-3H3,(H,31,32). The summed E-state index contributed by atoms with van der Waals surface area (Å²) in [6, 6.07) is 22.8. The summed E-state index contributed by atoms with van der Waals surface area (Å²) in [5, 5.41) is 9.29. The maximum atomic E-state index is 11.3. The first-order chi connectivity index (χ1) is 16.5. The topological polar surface area (TPSA) is 55.8 Å². The lowest BCUT2D eigenvalue weighted by molar-refractivity contribution is -0.149. The molecule has 0 fully saturated rings. The van der Waals surface area contributed by atoms with Crippen LogP contribution in [-0.2, 0) is 16.0 Å². The minimum atomic E-state index is -0.942. The van der Waals surface area contributed by atoms with E-state index < -0.39 is 12.1 Å². The van der Waals surface area contributed by atoms with Gasteiger partial charge in [-0.1, -0.05) is 68.4 Å². The minimum absolute atomic E-state index is 0.333. The lowest BCUT2D eigenvalue weighted by atomic mass is 9.89. The fourth-order valence-electron chi connectivity index (χ4n) is 4.60. The van der Waals surface area contributed by atoms with Crippen LogP contribution in [0.5, 0.6) is 5.75 Å². The van der Waals surface area contributed by atoms with Crippen molar-refractivity contribution >= 4 is 11.5 Å². The third kappa shape index (κ3) is 4.92. The van der Waals surface area contributed by atoms with Gasteiger partial charge in [0.25, 0.3) is 0 Å². The van der Waals surface area contributed by atoms with Crippen molar-refractivity contribution in [1.29, 1.82) is 0 Å². The van der Waals surface area contributed by atoms with Crippen molar-refractivity contribution < 1.29 is 19.4 Å². The number of benzene rings is 3. The second-order valence-corrected chi connectivity index (χ2v) is 8.68. The van der Waals surface area contributed by atoms with Gasteiger partial charge in [0.2, 0.25) is 0 Å². The summed E-state index contributed by atoms with van der Waals surface area (Å²) in [5.74, 6) is 0.312. The Morgan fingerprint density at radius 2 is 1.65 bits per heavy atom. The summed E-state index contributed by atoms with van der Waals surface area (Å²) in [4.78, 5) is 11.3. The van der Waals surface area contributed by atoms with Crippen LogP contribution in [0, 0.1) is 0 Å². The first-order valence-electron chi connectivity index (χ1n) is 12.0. The van der Waals surface area contributed by atoms with E-state index in [0.29, 0.717) is 25.6 Å². The highest BCUT2D eigenvalue weighted by atomic mass is 16.5. The third-order valence-corrected chi connectivity index (χ3v) is 6.54. The van der Waals surface area contributed by atoms with Gasteiger partial charge in [0.1, 0.15) is 12.4 Å². The van der Waals surface area contributed by atoms with Crippen LogP contribution in [0.1, 0.15) is 55.4 Å². The zero-order chi connectivity index (χ0) is 24.1. The monoisotopic (exact) mass is 456 g/mol. The number of aliphatic carboxylic acids is 1. The predicted octanol–water partition coefficient (Wildman–Crippen LogP) is 6.72. The lowest BCUT2D eigenvalue weighted by Gasteiger charge is -2.15. The Balaban J connectivity index is 1.52. The van der Waals surface area contributed by atoms with E-state index >= 15 is 0 Å². The molecule has 34 heavy (non-hydrogen) atoms. The zero-order valence-corrected chi connectivity index (χ0v) is 20.1. The third-order valence-electron chi connectivity index (χ3n) is 6.54. The molecule has 4 nitrogen and oxygen atoms in total. The van der Waals surface area contributed by atoms with Crippen molar-refractivity contribution in [1.82, 2.24) is 0 Å². The summed E-state index contributed by atoms with van der Waals surface area (Å²) >= 11 is 0. The zero-order valence-electron chi connectivity index (χ0n) is 20.1. The van der Waals surface area contributed by atoms with Crippen LogP contribution in [0.3, 0.4) is 0 Å². The van der Waals surface area contributed by atoms with Crippen LogP contribution in [0.15, 0.2) is 72.8 Å². The van der Waals surface area contributed by atoms with Gasteiger partial charge in [-0.2, -0.15) is 0 Å². The second kappa shape index (κ2) is 10.7. The van der Waals surface area contributed by atoms with E-state index in [1.54, 1.807) is 6.92 Å².